The van der Waals surface area contributed by atoms with Gasteiger partial charge in [-0.05, 0) is 62.1 Å². The summed E-state index contributed by atoms with van der Waals surface area (Å²) in [6, 6.07) is 6.50. The molecule has 37 heavy (non-hydrogen) atoms. The summed E-state index contributed by atoms with van der Waals surface area (Å²) in [6.07, 6.45) is 23.1. The Kier molecular flexibility index (Phi) is 20.6. The predicted octanol–water partition coefficient (Wildman–Crippen LogP) is 9.14. The third kappa shape index (κ3) is 18.8. The maximum atomic E-state index is 10.7. The molecule has 1 aromatic rings. The maximum Gasteiger partial charge on any atom is 0.303 e. The van der Waals surface area contributed by atoms with Gasteiger partial charge >= 0.3 is 11.9 Å². The third-order valence-corrected chi connectivity index (χ3v) is 7.14. The Labute approximate surface area is 226 Å². The maximum absolute atomic E-state index is 10.7. The first-order valence-corrected chi connectivity index (χ1v) is 15.2. The molecule has 0 aliphatic heterocycles. The zero-order chi connectivity index (χ0) is 27.0. The van der Waals surface area contributed by atoms with Crippen LogP contribution in [0.3, 0.4) is 0 Å². The summed E-state index contributed by atoms with van der Waals surface area (Å²) in [4.78, 5) is 21.4. The Morgan fingerprint density at radius 3 is 1.68 bits per heavy atom. The van der Waals surface area contributed by atoms with E-state index in [0.29, 0.717) is 0 Å². The standard InChI is InChI=1S/C32H54O5/c1-2-3-4-5-6-7-14-19-27-37-30-24-20-22-28(21-15-10-8-12-17-25-31(33)34)29(30)23-16-11-9-13-18-26-32(35)36/h20,22,24H,2-19,21,23,25-27H2,1H3,(H,33,34)(H,35,36). The molecule has 5 nitrogen and oxygen atoms in total. The predicted molar refractivity (Wildman–Crippen MR) is 153 cm³/mol. The molecule has 0 atom stereocenters. The second kappa shape index (κ2) is 23.1. The highest BCUT2D eigenvalue weighted by Crippen LogP contribution is 2.27. The van der Waals surface area contributed by atoms with Crippen molar-refractivity contribution in [2.24, 2.45) is 0 Å². The number of aliphatic carboxylic acids is 2. The van der Waals surface area contributed by atoms with Gasteiger partial charge < -0.3 is 14.9 Å². The van der Waals surface area contributed by atoms with Crippen LogP contribution in [-0.4, -0.2) is 28.8 Å². The number of carboxylic acid groups (broad SMARTS) is 2. The van der Waals surface area contributed by atoms with Crippen LogP contribution in [0, 0.1) is 0 Å². The molecule has 1 rings (SSSR count). The van der Waals surface area contributed by atoms with Gasteiger partial charge in [-0.15, -0.1) is 0 Å². The Balaban J connectivity index is 2.49. The van der Waals surface area contributed by atoms with E-state index in [1.165, 1.54) is 56.1 Å². The molecule has 0 spiro atoms. The van der Waals surface area contributed by atoms with Crippen molar-refractivity contribution < 1.29 is 24.5 Å². The van der Waals surface area contributed by atoms with Crippen LogP contribution < -0.4 is 4.74 Å². The Hall–Kier alpha value is -2.04. The Morgan fingerprint density at radius 2 is 1.11 bits per heavy atom. The van der Waals surface area contributed by atoms with E-state index in [1.807, 2.05) is 0 Å². The van der Waals surface area contributed by atoms with E-state index in [2.05, 4.69) is 25.1 Å². The van der Waals surface area contributed by atoms with Gasteiger partial charge in [-0.1, -0.05) is 103 Å². The van der Waals surface area contributed by atoms with Gasteiger partial charge in [-0.25, -0.2) is 0 Å². The lowest BCUT2D eigenvalue weighted by atomic mass is 9.95. The number of unbranched alkanes of at least 4 members (excludes halogenated alkanes) is 15. The summed E-state index contributed by atoms with van der Waals surface area (Å²) in [7, 11) is 0. The fourth-order valence-electron chi connectivity index (χ4n) is 4.91. The van der Waals surface area contributed by atoms with Gasteiger partial charge in [-0.3, -0.25) is 9.59 Å². The molecule has 1 aromatic carbocycles. The second-order valence-electron chi connectivity index (χ2n) is 10.5. The molecule has 0 aromatic heterocycles. The van der Waals surface area contributed by atoms with Crippen molar-refractivity contribution in [2.45, 2.75) is 148 Å². The van der Waals surface area contributed by atoms with Crippen molar-refractivity contribution in [1.29, 1.82) is 0 Å². The number of hydrogen-bond donors (Lipinski definition) is 2. The molecular formula is C32H54O5. The average Bonchev–Trinajstić information content (AvgIpc) is 2.87. The number of carboxylic acids is 2. The first kappa shape index (κ1) is 33.0. The van der Waals surface area contributed by atoms with Crippen LogP contribution in [0.15, 0.2) is 18.2 Å². The summed E-state index contributed by atoms with van der Waals surface area (Å²) >= 11 is 0. The van der Waals surface area contributed by atoms with Crippen molar-refractivity contribution in [3.05, 3.63) is 29.3 Å². The molecule has 212 valence electrons. The molecule has 0 fully saturated rings. The SMILES string of the molecule is CCCCCCCCCCOc1cccc(CCCCCCCC(=O)O)c1CCCCCCCC(=O)O. The van der Waals surface area contributed by atoms with E-state index in [9.17, 15) is 9.59 Å². The van der Waals surface area contributed by atoms with Crippen LogP contribution in [-0.2, 0) is 22.4 Å². The minimum Gasteiger partial charge on any atom is -0.493 e. The molecule has 0 bridgehead atoms. The highest BCUT2D eigenvalue weighted by atomic mass is 16.5. The van der Waals surface area contributed by atoms with Crippen molar-refractivity contribution in [3.63, 3.8) is 0 Å². The van der Waals surface area contributed by atoms with Crippen molar-refractivity contribution >= 4 is 11.9 Å². The molecular weight excluding hydrogens is 464 g/mol. The quantitative estimate of drug-likeness (QED) is 0.119. The van der Waals surface area contributed by atoms with E-state index in [-0.39, 0.29) is 12.8 Å². The van der Waals surface area contributed by atoms with Crippen LogP contribution in [0.1, 0.15) is 146 Å². The minimum absolute atomic E-state index is 0.274. The highest BCUT2D eigenvalue weighted by molar-refractivity contribution is 5.66. The number of benzene rings is 1. The van der Waals surface area contributed by atoms with Crippen molar-refractivity contribution in [2.75, 3.05) is 6.61 Å². The summed E-state index contributed by atoms with van der Waals surface area (Å²) in [6.45, 7) is 3.04. The molecule has 0 saturated carbocycles. The fraction of sp³-hybridized carbons (Fsp3) is 0.750. The molecule has 5 heteroatoms. The molecule has 0 saturated heterocycles. The normalized spacial score (nSPS) is 11.1. The molecule has 0 heterocycles. The Bertz CT molecular complexity index is 715. The molecule has 0 aliphatic rings. The van der Waals surface area contributed by atoms with Gasteiger partial charge in [0, 0.05) is 12.8 Å². The molecule has 0 aliphatic carbocycles. The number of ether oxygens (including phenoxy) is 1. The van der Waals surface area contributed by atoms with Gasteiger partial charge in [0.05, 0.1) is 6.61 Å². The largest absolute Gasteiger partial charge is 0.493 e. The lowest BCUT2D eigenvalue weighted by Gasteiger charge is -2.16. The van der Waals surface area contributed by atoms with E-state index < -0.39 is 11.9 Å². The van der Waals surface area contributed by atoms with Crippen LogP contribution >= 0.6 is 0 Å². The lowest BCUT2D eigenvalue weighted by Crippen LogP contribution is -2.04. The topological polar surface area (TPSA) is 83.8 Å². The van der Waals surface area contributed by atoms with Crippen LogP contribution in [0.2, 0.25) is 0 Å². The van der Waals surface area contributed by atoms with Gasteiger partial charge in [0.1, 0.15) is 5.75 Å². The summed E-state index contributed by atoms with van der Waals surface area (Å²) in [5, 5.41) is 17.6. The fourth-order valence-corrected chi connectivity index (χ4v) is 4.91. The third-order valence-electron chi connectivity index (χ3n) is 7.14. The van der Waals surface area contributed by atoms with Gasteiger partial charge in [0.2, 0.25) is 0 Å². The van der Waals surface area contributed by atoms with E-state index in [4.69, 9.17) is 14.9 Å². The Morgan fingerprint density at radius 1 is 0.622 bits per heavy atom. The van der Waals surface area contributed by atoms with Crippen molar-refractivity contribution in [3.8, 4) is 5.75 Å². The second-order valence-corrected chi connectivity index (χ2v) is 10.5. The minimum atomic E-state index is -0.700. The van der Waals surface area contributed by atoms with Gasteiger partial charge in [0.25, 0.3) is 0 Å². The van der Waals surface area contributed by atoms with E-state index in [0.717, 1.165) is 95.8 Å². The molecule has 0 amide bonds. The first-order chi connectivity index (χ1) is 18.0. The highest BCUT2D eigenvalue weighted by Gasteiger charge is 2.10. The lowest BCUT2D eigenvalue weighted by molar-refractivity contribution is -0.138. The van der Waals surface area contributed by atoms with Gasteiger partial charge in [0.15, 0.2) is 0 Å². The van der Waals surface area contributed by atoms with E-state index >= 15 is 0 Å². The average molecular weight is 519 g/mol. The summed E-state index contributed by atoms with van der Waals surface area (Å²) < 4.78 is 6.31. The first-order valence-electron chi connectivity index (χ1n) is 15.2. The van der Waals surface area contributed by atoms with Crippen LogP contribution in [0.25, 0.3) is 0 Å². The number of hydrogen-bond acceptors (Lipinski definition) is 3. The smallest absolute Gasteiger partial charge is 0.303 e. The summed E-state index contributed by atoms with van der Waals surface area (Å²) in [5.74, 6) is -0.350. The van der Waals surface area contributed by atoms with Crippen molar-refractivity contribution in [1.82, 2.24) is 0 Å². The van der Waals surface area contributed by atoms with Crippen LogP contribution in [0.4, 0.5) is 0 Å². The summed E-state index contributed by atoms with van der Waals surface area (Å²) in [5.41, 5.74) is 2.75. The molecule has 2 N–H and O–H groups in total. The zero-order valence-corrected chi connectivity index (χ0v) is 23.6. The number of aryl methyl sites for hydroxylation is 1. The molecule has 0 radical (unpaired) electrons. The monoisotopic (exact) mass is 518 g/mol. The zero-order valence-electron chi connectivity index (χ0n) is 23.6. The van der Waals surface area contributed by atoms with E-state index in [1.54, 1.807) is 0 Å². The number of rotatable bonds is 26. The molecule has 0 unspecified atom stereocenters. The number of carbonyl (C=O) groups is 2. The van der Waals surface area contributed by atoms with Gasteiger partial charge in [-0.2, -0.15) is 0 Å². The van der Waals surface area contributed by atoms with Crippen LogP contribution in [0.5, 0.6) is 5.75 Å².